The summed E-state index contributed by atoms with van der Waals surface area (Å²) in [6.07, 6.45) is 6.01. The van der Waals surface area contributed by atoms with Gasteiger partial charge in [0.15, 0.2) is 0 Å². The molecule has 0 atom stereocenters. The first-order valence-corrected chi connectivity index (χ1v) is 7.04. The first-order chi connectivity index (χ1) is 9.31. The number of aromatic nitrogens is 2. The molecule has 1 aromatic carbocycles. The summed E-state index contributed by atoms with van der Waals surface area (Å²) in [6.45, 7) is 0.845. The minimum atomic E-state index is 0.845. The highest BCUT2D eigenvalue weighted by molar-refractivity contribution is 7.13. The fourth-order valence-corrected chi connectivity index (χ4v) is 2.61. The van der Waals surface area contributed by atoms with E-state index in [0.29, 0.717) is 0 Å². The second-order valence-electron chi connectivity index (χ2n) is 4.45. The van der Waals surface area contributed by atoms with Crippen molar-refractivity contribution in [2.45, 2.75) is 6.54 Å². The van der Waals surface area contributed by atoms with Gasteiger partial charge in [0, 0.05) is 48.8 Å². The van der Waals surface area contributed by atoms with E-state index in [4.69, 9.17) is 0 Å². The Bertz CT molecular complexity index is 638. The zero-order valence-electron chi connectivity index (χ0n) is 10.7. The van der Waals surface area contributed by atoms with E-state index < -0.39 is 0 Å². The van der Waals surface area contributed by atoms with Gasteiger partial charge < -0.3 is 9.88 Å². The maximum absolute atomic E-state index is 4.31. The predicted octanol–water partition coefficient (Wildman–Crippen LogP) is 3.76. The van der Waals surface area contributed by atoms with Crippen molar-refractivity contribution in [1.82, 2.24) is 9.55 Å². The lowest BCUT2D eigenvalue weighted by atomic mass is 10.2. The third-order valence-electron chi connectivity index (χ3n) is 2.95. The van der Waals surface area contributed by atoms with Gasteiger partial charge in [0.1, 0.15) is 5.01 Å². The van der Waals surface area contributed by atoms with Crippen molar-refractivity contribution < 1.29 is 0 Å². The molecule has 3 nitrogen and oxygen atoms in total. The molecule has 0 bridgehead atoms. The largest absolute Gasteiger partial charge is 0.381 e. The standard InChI is InChI=1S/C15H15N3S/c1-18-8-6-12(11-18)10-17-14-4-2-13(3-5-14)15-16-7-9-19-15/h2-9,11,17H,10H2,1H3. The number of nitrogens with zero attached hydrogens (tertiary/aromatic N) is 2. The van der Waals surface area contributed by atoms with Gasteiger partial charge in [-0.25, -0.2) is 4.98 Å². The minimum absolute atomic E-state index is 0.845. The second kappa shape index (κ2) is 5.28. The number of rotatable bonds is 4. The Kier molecular flexibility index (Phi) is 3.33. The lowest BCUT2D eigenvalue weighted by Gasteiger charge is -2.05. The van der Waals surface area contributed by atoms with Gasteiger partial charge >= 0.3 is 0 Å². The summed E-state index contributed by atoms with van der Waals surface area (Å²) < 4.78 is 2.06. The summed E-state index contributed by atoms with van der Waals surface area (Å²) in [5.41, 5.74) is 3.58. The van der Waals surface area contributed by atoms with Gasteiger partial charge in [-0.1, -0.05) is 0 Å². The van der Waals surface area contributed by atoms with Crippen LogP contribution in [0.3, 0.4) is 0 Å². The van der Waals surface area contributed by atoms with Crippen LogP contribution in [-0.4, -0.2) is 9.55 Å². The van der Waals surface area contributed by atoms with E-state index >= 15 is 0 Å². The van der Waals surface area contributed by atoms with E-state index in [1.165, 1.54) is 11.1 Å². The van der Waals surface area contributed by atoms with Gasteiger partial charge in [0.2, 0.25) is 0 Å². The molecule has 2 heterocycles. The molecule has 0 fully saturated rings. The van der Waals surface area contributed by atoms with E-state index in [9.17, 15) is 0 Å². The van der Waals surface area contributed by atoms with E-state index in [0.717, 1.165) is 17.2 Å². The molecule has 3 rings (SSSR count). The average molecular weight is 269 g/mol. The van der Waals surface area contributed by atoms with Crippen LogP contribution < -0.4 is 5.32 Å². The van der Waals surface area contributed by atoms with Crippen LogP contribution in [0.15, 0.2) is 54.3 Å². The number of benzene rings is 1. The molecule has 1 N–H and O–H groups in total. The number of anilines is 1. The van der Waals surface area contributed by atoms with E-state index in [2.05, 4.69) is 57.6 Å². The Balaban J connectivity index is 1.66. The van der Waals surface area contributed by atoms with Crippen LogP contribution >= 0.6 is 11.3 Å². The summed E-state index contributed by atoms with van der Waals surface area (Å²) >= 11 is 1.66. The molecule has 19 heavy (non-hydrogen) atoms. The number of nitrogens with one attached hydrogen (secondary N) is 1. The molecule has 2 aromatic heterocycles. The van der Waals surface area contributed by atoms with Crippen LogP contribution in [0.25, 0.3) is 10.6 Å². The first-order valence-electron chi connectivity index (χ1n) is 6.16. The molecule has 96 valence electrons. The maximum Gasteiger partial charge on any atom is 0.123 e. The Morgan fingerprint density at radius 3 is 2.68 bits per heavy atom. The van der Waals surface area contributed by atoms with Crippen molar-refractivity contribution in [1.29, 1.82) is 0 Å². The highest BCUT2D eigenvalue weighted by Gasteiger charge is 2.00. The van der Waals surface area contributed by atoms with Crippen LogP contribution in [-0.2, 0) is 13.6 Å². The molecular weight excluding hydrogens is 254 g/mol. The molecule has 0 spiro atoms. The normalized spacial score (nSPS) is 10.6. The van der Waals surface area contributed by atoms with Crippen molar-refractivity contribution >= 4 is 17.0 Å². The van der Waals surface area contributed by atoms with Crippen LogP contribution in [0.1, 0.15) is 5.56 Å². The van der Waals surface area contributed by atoms with Crippen molar-refractivity contribution in [2.24, 2.45) is 7.05 Å². The molecular formula is C15H15N3S. The number of aryl methyl sites for hydroxylation is 1. The zero-order valence-corrected chi connectivity index (χ0v) is 11.5. The number of thiazole rings is 1. The molecule has 4 heteroatoms. The Labute approximate surface area is 116 Å². The van der Waals surface area contributed by atoms with Gasteiger partial charge in [0.05, 0.1) is 0 Å². The van der Waals surface area contributed by atoms with Gasteiger partial charge in [0.25, 0.3) is 0 Å². The number of hydrogen-bond acceptors (Lipinski definition) is 3. The van der Waals surface area contributed by atoms with E-state index in [1.807, 2.05) is 18.6 Å². The van der Waals surface area contributed by atoms with Crippen molar-refractivity contribution in [3.05, 3.63) is 59.9 Å². The lowest BCUT2D eigenvalue weighted by Crippen LogP contribution is -1.98. The van der Waals surface area contributed by atoms with Crippen LogP contribution in [0, 0.1) is 0 Å². The van der Waals surface area contributed by atoms with Crippen LogP contribution in [0.4, 0.5) is 5.69 Å². The molecule has 0 saturated heterocycles. The maximum atomic E-state index is 4.31. The van der Waals surface area contributed by atoms with Crippen LogP contribution in [0.5, 0.6) is 0 Å². The van der Waals surface area contributed by atoms with E-state index in [1.54, 1.807) is 11.3 Å². The molecule has 0 unspecified atom stereocenters. The molecule has 3 aromatic rings. The molecule has 0 aliphatic heterocycles. The Morgan fingerprint density at radius 1 is 1.21 bits per heavy atom. The summed E-state index contributed by atoms with van der Waals surface area (Å²) in [5, 5.41) is 6.48. The average Bonchev–Trinajstić information content (AvgIpc) is 3.08. The monoisotopic (exact) mass is 269 g/mol. The fourth-order valence-electron chi connectivity index (χ4n) is 1.97. The Hall–Kier alpha value is -2.07. The van der Waals surface area contributed by atoms with Crippen molar-refractivity contribution in [3.63, 3.8) is 0 Å². The van der Waals surface area contributed by atoms with E-state index in [-0.39, 0.29) is 0 Å². The van der Waals surface area contributed by atoms with Gasteiger partial charge in [-0.2, -0.15) is 0 Å². The quantitative estimate of drug-likeness (QED) is 0.781. The third kappa shape index (κ3) is 2.85. The lowest BCUT2D eigenvalue weighted by molar-refractivity contribution is 0.920. The predicted molar refractivity (Wildman–Crippen MR) is 80.3 cm³/mol. The molecule has 0 radical (unpaired) electrons. The SMILES string of the molecule is Cn1ccc(CNc2ccc(-c3nccs3)cc2)c1. The molecule has 0 amide bonds. The van der Waals surface area contributed by atoms with Gasteiger partial charge in [-0.15, -0.1) is 11.3 Å². The summed E-state index contributed by atoms with van der Waals surface area (Å²) in [7, 11) is 2.03. The second-order valence-corrected chi connectivity index (χ2v) is 5.35. The smallest absolute Gasteiger partial charge is 0.123 e. The first kappa shape index (κ1) is 12.0. The summed E-state index contributed by atoms with van der Waals surface area (Å²) in [4.78, 5) is 4.31. The third-order valence-corrected chi connectivity index (χ3v) is 3.78. The molecule has 0 aliphatic rings. The molecule has 0 aliphatic carbocycles. The minimum Gasteiger partial charge on any atom is -0.381 e. The Morgan fingerprint density at radius 2 is 2.05 bits per heavy atom. The van der Waals surface area contributed by atoms with Gasteiger partial charge in [-0.3, -0.25) is 0 Å². The highest BCUT2D eigenvalue weighted by atomic mass is 32.1. The number of hydrogen-bond donors (Lipinski definition) is 1. The summed E-state index contributed by atoms with van der Waals surface area (Å²) in [5.74, 6) is 0. The van der Waals surface area contributed by atoms with Crippen molar-refractivity contribution in [3.8, 4) is 10.6 Å². The van der Waals surface area contributed by atoms with Crippen LogP contribution in [0.2, 0.25) is 0 Å². The highest BCUT2D eigenvalue weighted by Crippen LogP contribution is 2.23. The fraction of sp³-hybridized carbons (Fsp3) is 0.133. The summed E-state index contributed by atoms with van der Waals surface area (Å²) in [6, 6.07) is 10.5. The van der Waals surface area contributed by atoms with Gasteiger partial charge in [-0.05, 0) is 35.9 Å². The topological polar surface area (TPSA) is 29.9 Å². The molecule has 0 saturated carbocycles. The van der Waals surface area contributed by atoms with Crippen molar-refractivity contribution in [2.75, 3.05) is 5.32 Å². The zero-order chi connectivity index (χ0) is 13.1.